The van der Waals surface area contributed by atoms with Gasteiger partial charge in [-0.3, -0.25) is 4.90 Å². The molecular formula is C16H22N6. The molecule has 6 heteroatoms. The number of H-pyrrole nitrogens is 1. The third kappa shape index (κ3) is 1.46. The van der Waals surface area contributed by atoms with E-state index in [0.29, 0.717) is 17.5 Å². The molecule has 3 aliphatic rings. The van der Waals surface area contributed by atoms with Crippen molar-refractivity contribution in [3.8, 4) is 0 Å². The summed E-state index contributed by atoms with van der Waals surface area (Å²) in [6, 6.07) is 1.94. The number of fused-ring (bicyclic) bond motifs is 2. The highest BCUT2D eigenvalue weighted by Crippen LogP contribution is 2.54. The van der Waals surface area contributed by atoms with Crippen LogP contribution in [0, 0.1) is 5.41 Å². The lowest BCUT2D eigenvalue weighted by atomic mass is 9.66. The van der Waals surface area contributed by atoms with Gasteiger partial charge in [-0.05, 0) is 32.7 Å². The molecular weight excluding hydrogens is 276 g/mol. The standard InChI is InChI=1S/C16H22N6/c1-16-6-10-7-22(12(16)5-3-4-11(16)21(10)2)15-13-14(18-8-17-13)19-9-20-15/h8-12H,3-7H2,1-2H3,(H,17,18,19,20)/t10-,11?,12+,16-/m0/s1. The Morgan fingerprint density at radius 2 is 2.09 bits per heavy atom. The fourth-order valence-corrected chi connectivity index (χ4v) is 5.50. The number of nitrogens with one attached hydrogen (secondary N) is 1. The maximum absolute atomic E-state index is 4.63. The molecule has 0 aromatic carbocycles. The molecule has 1 unspecified atom stereocenters. The summed E-state index contributed by atoms with van der Waals surface area (Å²) in [5.74, 6) is 1.04. The van der Waals surface area contributed by atoms with Crippen LogP contribution in [-0.2, 0) is 0 Å². The van der Waals surface area contributed by atoms with Crippen molar-refractivity contribution in [1.29, 1.82) is 0 Å². The molecule has 2 aliphatic heterocycles. The van der Waals surface area contributed by atoms with Gasteiger partial charge in [0, 0.05) is 30.1 Å². The minimum atomic E-state index is 0.382. The second-order valence-electron chi connectivity index (χ2n) is 7.44. The number of piperidine rings is 1. The van der Waals surface area contributed by atoms with Gasteiger partial charge >= 0.3 is 0 Å². The lowest BCUT2D eigenvalue weighted by molar-refractivity contribution is 0.113. The van der Waals surface area contributed by atoms with E-state index in [0.717, 1.165) is 29.6 Å². The van der Waals surface area contributed by atoms with E-state index in [-0.39, 0.29) is 0 Å². The van der Waals surface area contributed by atoms with Crippen LogP contribution in [0.1, 0.15) is 32.6 Å². The molecule has 1 aliphatic carbocycles. The molecule has 3 fully saturated rings. The van der Waals surface area contributed by atoms with E-state index in [1.807, 2.05) is 0 Å². The van der Waals surface area contributed by atoms with Gasteiger partial charge in [0.15, 0.2) is 11.5 Å². The average molecular weight is 298 g/mol. The maximum atomic E-state index is 4.63. The zero-order valence-electron chi connectivity index (χ0n) is 13.2. The van der Waals surface area contributed by atoms with Gasteiger partial charge in [-0.1, -0.05) is 6.92 Å². The van der Waals surface area contributed by atoms with Gasteiger partial charge < -0.3 is 9.88 Å². The number of hydrogen-bond donors (Lipinski definition) is 1. The van der Waals surface area contributed by atoms with Gasteiger partial charge in [-0.2, -0.15) is 0 Å². The van der Waals surface area contributed by atoms with Gasteiger partial charge in [0.1, 0.15) is 11.8 Å². The van der Waals surface area contributed by atoms with Crippen LogP contribution < -0.4 is 4.90 Å². The predicted molar refractivity (Wildman–Crippen MR) is 84.7 cm³/mol. The van der Waals surface area contributed by atoms with Gasteiger partial charge in [0.2, 0.25) is 0 Å². The molecule has 0 radical (unpaired) electrons. The first kappa shape index (κ1) is 12.8. The molecule has 0 spiro atoms. The first-order valence-electron chi connectivity index (χ1n) is 8.31. The van der Waals surface area contributed by atoms with Gasteiger partial charge in [-0.25, -0.2) is 15.0 Å². The van der Waals surface area contributed by atoms with E-state index in [2.05, 4.69) is 43.7 Å². The van der Waals surface area contributed by atoms with Crippen LogP contribution in [0.25, 0.3) is 11.2 Å². The molecule has 0 amide bonds. The van der Waals surface area contributed by atoms with E-state index in [1.165, 1.54) is 25.7 Å². The molecule has 4 heterocycles. The smallest absolute Gasteiger partial charge is 0.182 e. The van der Waals surface area contributed by atoms with Crippen molar-refractivity contribution in [2.24, 2.45) is 5.41 Å². The summed E-state index contributed by atoms with van der Waals surface area (Å²) in [5, 5.41) is 0. The summed E-state index contributed by atoms with van der Waals surface area (Å²) in [6.07, 6.45) is 8.63. The summed E-state index contributed by atoms with van der Waals surface area (Å²) in [6.45, 7) is 3.56. The topological polar surface area (TPSA) is 60.9 Å². The number of anilines is 1. The highest BCUT2D eigenvalue weighted by molar-refractivity contribution is 5.83. The van der Waals surface area contributed by atoms with Gasteiger partial charge in [0.05, 0.1) is 6.33 Å². The Balaban J connectivity index is 1.65. The fourth-order valence-electron chi connectivity index (χ4n) is 5.50. The van der Waals surface area contributed by atoms with Crippen LogP contribution in [0.2, 0.25) is 0 Å². The number of likely N-dealkylation sites (N-methyl/N-ethyl adjacent to an activating group) is 1. The van der Waals surface area contributed by atoms with Crippen LogP contribution in [-0.4, -0.2) is 56.6 Å². The lowest BCUT2D eigenvalue weighted by Crippen LogP contribution is -2.56. The Morgan fingerprint density at radius 3 is 3.00 bits per heavy atom. The van der Waals surface area contributed by atoms with Crippen molar-refractivity contribution < 1.29 is 0 Å². The summed E-state index contributed by atoms with van der Waals surface area (Å²) in [7, 11) is 2.32. The minimum absolute atomic E-state index is 0.382. The van der Waals surface area contributed by atoms with Crippen LogP contribution in [0.15, 0.2) is 12.7 Å². The van der Waals surface area contributed by atoms with Crippen molar-refractivity contribution in [2.75, 3.05) is 18.5 Å². The van der Waals surface area contributed by atoms with E-state index >= 15 is 0 Å². The highest BCUT2D eigenvalue weighted by Gasteiger charge is 2.58. The number of aromatic amines is 1. The third-order valence-corrected chi connectivity index (χ3v) is 6.48. The normalized spacial score (nSPS) is 37.9. The Kier molecular flexibility index (Phi) is 2.44. The largest absolute Gasteiger partial charge is 0.350 e. The molecule has 6 nitrogen and oxygen atoms in total. The van der Waals surface area contributed by atoms with Crippen LogP contribution in [0.4, 0.5) is 5.82 Å². The SMILES string of the molecule is CN1C2CCC[C@H]3N(c4ncnc5nc[nH]c45)C[C@@H]1C[C@@]23C. The molecule has 116 valence electrons. The zero-order chi connectivity index (χ0) is 14.9. The van der Waals surface area contributed by atoms with Crippen LogP contribution in [0.3, 0.4) is 0 Å². The second-order valence-corrected chi connectivity index (χ2v) is 7.44. The second kappa shape index (κ2) is 4.19. The first-order chi connectivity index (χ1) is 10.7. The van der Waals surface area contributed by atoms with Crippen molar-refractivity contribution >= 4 is 17.0 Å². The van der Waals surface area contributed by atoms with Crippen LogP contribution >= 0.6 is 0 Å². The lowest BCUT2D eigenvalue weighted by Gasteiger charge is -2.50. The van der Waals surface area contributed by atoms with Crippen molar-refractivity contribution in [3.05, 3.63) is 12.7 Å². The molecule has 2 aromatic heterocycles. The molecule has 2 aromatic rings. The maximum Gasteiger partial charge on any atom is 0.182 e. The Labute approximate surface area is 129 Å². The molecule has 1 saturated carbocycles. The van der Waals surface area contributed by atoms with Crippen LogP contribution in [0.5, 0.6) is 0 Å². The van der Waals surface area contributed by atoms with Gasteiger partial charge in [0.25, 0.3) is 0 Å². The summed E-state index contributed by atoms with van der Waals surface area (Å²) < 4.78 is 0. The van der Waals surface area contributed by atoms with E-state index in [1.54, 1.807) is 12.7 Å². The molecule has 5 rings (SSSR count). The number of likely N-dealkylation sites (tertiary alicyclic amines) is 1. The fraction of sp³-hybridized carbons (Fsp3) is 0.688. The summed E-state index contributed by atoms with van der Waals surface area (Å²) in [4.78, 5) is 21.6. The van der Waals surface area contributed by atoms with E-state index in [4.69, 9.17) is 0 Å². The van der Waals surface area contributed by atoms with Crippen molar-refractivity contribution in [3.63, 3.8) is 0 Å². The summed E-state index contributed by atoms with van der Waals surface area (Å²) in [5.41, 5.74) is 2.14. The highest BCUT2D eigenvalue weighted by atomic mass is 15.3. The predicted octanol–water partition coefficient (Wildman–Crippen LogP) is 1.80. The number of aromatic nitrogens is 4. The Bertz CT molecular complexity index is 726. The zero-order valence-corrected chi connectivity index (χ0v) is 13.2. The average Bonchev–Trinajstić information content (AvgIpc) is 3.08. The van der Waals surface area contributed by atoms with Gasteiger partial charge in [-0.15, -0.1) is 0 Å². The molecule has 1 N–H and O–H groups in total. The number of nitrogens with zero attached hydrogens (tertiary/aromatic N) is 5. The number of hydrogen-bond acceptors (Lipinski definition) is 5. The Hall–Kier alpha value is -1.69. The minimum Gasteiger partial charge on any atom is -0.350 e. The number of imidazole rings is 1. The van der Waals surface area contributed by atoms with Crippen molar-refractivity contribution in [2.45, 2.75) is 50.7 Å². The number of rotatable bonds is 1. The molecule has 4 atom stereocenters. The van der Waals surface area contributed by atoms with E-state index < -0.39 is 0 Å². The summed E-state index contributed by atoms with van der Waals surface area (Å²) >= 11 is 0. The monoisotopic (exact) mass is 298 g/mol. The van der Waals surface area contributed by atoms with E-state index in [9.17, 15) is 0 Å². The Morgan fingerprint density at radius 1 is 1.23 bits per heavy atom. The van der Waals surface area contributed by atoms with Crippen molar-refractivity contribution in [1.82, 2.24) is 24.8 Å². The molecule has 22 heavy (non-hydrogen) atoms. The first-order valence-corrected chi connectivity index (χ1v) is 8.31. The third-order valence-electron chi connectivity index (χ3n) is 6.48. The molecule has 2 bridgehead atoms. The molecule has 2 saturated heterocycles. The quantitative estimate of drug-likeness (QED) is 0.870.